The lowest BCUT2D eigenvalue weighted by Gasteiger charge is -2.18. The Morgan fingerprint density at radius 1 is 1.36 bits per heavy atom. The van der Waals surface area contributed by atoms with E-state index in [9.17, 15) is 0 Å². The molecule has 2 N–H and O–H groups in total. The Morgan fingerprint density at radius 3 is 2.57 bits per heavy atom. The molecule has 0 aliphatic carbocycles. The van der Waals surface area contributed by atoms with Gasteiger partial charge in [0.1, 0.15) is 0 Å². The molecular weight excluding hydrogens is 190 g/mol. The van der Waals surface area contributed by atoms with Crippen LogP contribution in [-0.2, 0) is 0 Å². The molecule has 0 radical (unpaired) electrons. The lowest BCUT2D eigenvalue weighted by atomic mass is 10.1. The summed E-state index contributed by atoms with van der Waals surface area (Å²) in [5, 5.41) is 0.525. The summed E-state index contributed by atoms with van der Waals surface area (Å²) in [5.74, 6) is 0.630. The fourth-order valence-electron chi connectivity index (χ4n) is 1.32. The highest BCUT2D eigenvalue weighted by Gasteiger charge is 2.12. The van der Waals surface area contributed by atoms with Crippen LogP contribution in [0.3, 0.4) is 0 Å². The molecule has 1 unspecified atom stereocenters. The van der Waals surface area contributed by atoms with Crippen LogP contribution in [0.25, 0.3) is 0 Å². The van der Waals surface area contributed by atoms with Gasteiger partial charge in [0.25, 0.3) is 0 Å². The lowest BCUT2D eigenvalue weighted by Crippen LogP contribution is -2.22. The van der Waals surface area contributed by atoms with Crippen LogP contribution < -0.4 is 5.73 Å². The van der Waals surface area contributed by atoms with Crippen LogP contribution in [0.4, 0.5) is 0 Å². The molecule has 0 amide bonds. The lowest BCUT2D eigenvalue weighted by molar-refractivity contribution is 0.613. The Labute approximate surface area is 91.1 Å². The summed E-state index contributed by atoms with van der Waals surface area (Å²) < 4.78 is 0. The molecule has 0 heterocycles. The first-order valence-corrected chi connectivity index (χ1v) is 5.95. The predicted molar refractivity (Wildman–Crippen MR) is 64.7 cm³/mol. The third-order valence-electron chi connectivity index (χ3n) is 2.25. The van der Waals surface area contributed by atoms with E-state index in [0.717, 1.165) is 6.54 Å². The highest BCUT2D eigenvalue weighted by Crippen LogP contribution is 2.27. The molecular formula is C12H19NS. The van der Waals surface area contributed by atoms with E-state index in [1.807, 2.05) is 11.8 Å². The molecule has 2 heteroatoms. The van der Waals surface area contributed by atoms with Gasteiger partial charge in [-0.05, 0) is 25.0 Å². The van der Waals surface area contributed by atoms with E-state index < -0.39 is 0 Å². The first kappa shape index (κ1) is 11.6. The minimum Gasteiger partial charge on any atom is -0.329 e. The summed E-state index contributed by atoms with van der Waals surface area (Å²) in [6.45, 7) is 7.31. The smallest absolute Gasteiger partial charge is 0.0240 e. The van der Waals surface area contributed by atoms with E-state index in [1.54, 1.807) is 0 Å². The summed E-state index contributed by atoms with van der Waals surface area (Å²) in [5.41, 5.74) is 7.05. The van der Waals surface area contributed by atoms with Gasteiger partial charge in [-0.1, -0.05) is 31.5 Å². The average molecular weight is 209 g/mol. The van der Waals surface area contributed by atoms with E-state index in [0.29, 0.717) is 11.2 Å². The topological polar surface area (TPSA) is 26.0 Å². The van der Waals surface area contributed by atoms with Crippen LogP contribution in [0, 0.1) is 12.8 Å². The minimum absolute atomic E-state index is 0.525. The van der Waals surface area contributed by atoms with Crippen molar-refractivity contribution in [2.75, 3.05) is 6.54 Å². The monoisotopic (exact) mass is 209 g/mol. The molecule has 1 nitrogen and oxygen atoms in total. The quantitative estimate of drug-likeness (QED) is 0.771. The summed E-state index contributed by atoms with van der Waals surface area (Å²) >= 11 is 1.89. The van der Waals surface area contributed by atoms with Crippen LogP contribution in [0.5, 0.6) is 0 Å². The van der Waals surface area contributed by atoms with Gasteiger partial charge in [0.15, 0.2) is 0 Å². The van der Waals surface area contributed by atoms with E-state index in [1.165, 1.54) is 10.5 Å². The van der Waals surface area contributed by atoms with E-state index in [4.69, 9.17) is 5.73 Å². The number of hydrogen-bond donors (Lipinski definition) is 1. The zero-order valence-electron chi connectivity index (χ0n) is 9.16. The third kappa shape index (κ3) is 3.35. The molecule has 0 aromatic heterocycles. The zero-order chi connectivity index (χ0) is 10.6. The molecule has 0 fully saturated rings. The first-order chi connectivity index (χ1) is 6.63. The van der Waals surface area contributed by atoms with Crippen molar-refractivity contribution in [1.29, 1.82) is 0 Å². The number of thioether (sulfide) groups is 1. The van der Waals surface area contributed by atoms with Crippen molar-refractivity contribution in [2.24, 2.45) is 11.7 Å². The van der Waals surface area contributed by atoms with Crippen molar-refractivity contribution in [3.8, 4) is 0 Å². The number of aryl methyl sites for hydroxylation is 1. The molecule has 0 aliphatic heterocycles. The van der Waals surface area contributed by atoms with Gasteiger partial charge in [-0.2, -0.15) is 0 Å². The van der Waals surface area contributed by atoms with Crippen molar-refractivity contribution in [3.63, 3.8) is 0 Å². The summed E-state index contributed by atoms with van der Waals surface area (Å²) in [6, 6.07) is 8.60. The molecule has 78 valence electrons. The average Bonchev–Trinajstić information content (AvgIpc) is 2.14. The normalized spacial score (nSPS) is 13.2. The number of rotatable bonds is 4. The third-order valence-corrected chi connectivity index (χ3v) is 3.82. The first-order valence-electron chi connectivity index (χ1n) is 5.07. The molecule has 1 aromatic rings. The maximum Gasteiger partial charge on any atom is 0.0240 e. The standard InChI is InChI=1S/C12H19NS/c1-9(2)12(8-13)14-11-6-4-5-10(3)7-11/h4-7,9,12H,8,13H2,1-3H3. The Balaban J connectivity index is 2.67. The highest BCUT2D eigenvalue weighted by atomic mass is 32.2. The molecule has 1 rings (SSSR count). The van der Waals surface area contributed by atoms with Gasteiger partial charge >= 0.3 is 0 Å². The van der Waals surface area contributed by atoms with Gasteiger partial charge in [0.05, 0.1) is 0 Å². The maximum atomic E-state index is 5.74. The van der Waals surface area contributed by atoms with Gasteiger partial charge in [0.2, 0.25) is 0 Å². The van der Waals surface area contributed by atoms with Gasteiger partial charge in [0, 0.05) is 16.7 Å². The largest absolute Gasteiger partial charge is 0.329 e. The minimum atomic E-state index is 0.525. The van der Waals surface area contributed by atoms with Crippen LogP contribution >= 0.6 is 11.8 Å². The second-order valence-electron chi connectivity index (χ2n) is 3.95. The van der Waals surface area contributed by atoms with Gasteiger partial charge in [-0.15, -0.1) is 11.8 Å². The number of benzene rings is 1. The van der Waals surface area contributed by atoms with Crippen LogP contribution in [0.1, 0.15) is 19.4 Å². The Bertz CT molecular complexity index is 283. The Morgan fingerprint density at radius 2 is 2.07 bits per heavy atom. The summed E-state index contributed by atoms with van der Waals surface area (Å²) in [4.78, 5) is 1.33. The molecule has 0 spiro atoms. The van der Waals surface area contributed by atoms with Crippen molar-refractivity contribution >= 4 is 11.8 Å². The number of hydrogen-bond acceptors (Lipinski definition) is 2. The molecule has 0 aliphatic rings. The van der Waals surface area contributed by atoms with E-state index in [2.05, 4.69) is 45.0 Å². The van der Waals surface area contributed by atoms with Crippen LogP contribution in [0.15, 0.2) is 29.2 Å². The van der Waals surface area contributed by atoms with Crippen LogP contribution in [0.2, 0.25) is 0 Å². The van der Waals surface area contributed by atoms with Crippen molar-refractivity contribution in [3.05, 3.63) is 29.8 Å². The molecule has 0 bridgehead atoms. The van der Waals surface area contributed by atoms with Gasteiger partial charge in [-0.25, -0.2) is 0 Å². The Hall–Kier alpha value is -0.470. The molecule has 0 saturated heterocycles. The van der Waals surface area contributed by atoms with Crippen molar-refractivity contribution in [2.45, 2.75) is 30.9 Å². The molecule has 1 aromatic carbocycles. The van der Waals surface area contributed by atoms with Crippen molar-refractivity contribution in [1.82, 2.24) is 0 Å². The maximum absolute atomic E-state index is 5.74. The molecule has 1 atom stereocenters. The molecule has 0 saturated carbocycles. The second kappa shape index (κ2) is 5.42. The van der Waals surface area contributed by atoms with Crippen molar-refractivity contribution < 1.29 is 0 Å². The van der Waals surface area contributed by atoms with Crippen LogP contribution in [-0.4, -0.2) is 11.8 Å². The zero-order valence-corrected chi connectivity index (χ0v) is 9.97. The number of nitrogens with two attached hydrogens (primary N) is 1. The summed E-state index contributed by atoms with van der Waals surface area (Å²) in [7, 11) is 0. The fourth-order valence-corrected chi connectivity index (χ4v) is 2.45. The Kier molecular flexibility index (Phi) is 4.49. The van der Waals surface area contributed by atoms with E-state index >= 15 is 0 Å². The van der Waals surface area contributed by atoms with Gasteiger partial charge in [-0.3, -0.25) is 0 Å². The van der Waals surface area contributed by atoms with E-state index in [-0.39, 0.29) is 0 Å². The fraction of sp³-hybridized carbons (Fsp3) is 0.500. The molecule has 14 heavy (non-hydrogen) atoms. The SMILES string of the molecule is Cc1cccc(SC(CN)C(C)C)c1. The van der Waals surface area contributed by atoms with Gasteiger partial charge < -0.3 is 5.73 Å². The highest BCUT2D eigenvalue weighted by molar-refractivity contribution is 8.00. The predicted octanol–water partition coefficient (Wildman–Crippen LogP) is 3.07. The summed E-state index contributed by atoms with van der Waals surface area (Å²) in [6.07, 6.45) is 0. The second-order valence-corrected chi connectivity index (χ2v) is 5.27.